The summed E-state index contributed by atoms with van der Waals surface area (Å²) in [6.07, 6.45) is -4.05. The van der Waals surface area contributed by atoms with Gasteiger partial charge in [-0.3, -0.25) is 9.88 Å². The number of fused-ring (bicyclic) bond motifs is 1. The Labute approximate surface area is 213 Å². The van der Waals surface area contributed by atoms with Crippen LogP contribution in [0.4, 0.5) is 26.3 Å². The molecule has 0 unspecified atom stereocenters. The molecule has 2 aliphatic rings. The summed E-state index contributed by atoms with van der Waals surface area (Å²) in [5.41, 5.74) is 1.16. The summed E-state index contributed by atoms with van der Waals surface area (Å²) in [4.78, 5) is 24.3. The van der Waals surface area contributed by atoms with E-state index in [9.17, 15) is 26.3 Å². The number of aromatic nitrogens is 1. The third-order valence-corrected chi connectivity index (χ3v) is 5.50. The molecule has 2 aromatic heterocycles. The van der Waals surface area contributed by atoms with Crippen LogP contribution in [0, 0.1) is 6.92 Å². The third-order valence-electron chi connectivity index (χ3n) is 5.50. The molecule has 15 heteroatoms. The van der Waals surface area contributed by atoms with Gasteiger partial charge in [0.25, 0.3) is 0 Å². The van der Waals surface area contributed by atoms with Crippen LogP contribution in [0.1, 0.15) is 29.9 Å². The van der Waals surface area contributed by atoms with Crippen LogP contribution in [0.25, 0.3) is 0 Å². The quantitative estimate of drug-likeness (QED) is 0.522. The van der Waals surface area contributed by atoms with Gasteiger partial charge in [-0.15, -0.1) is 0 Å². The average Bonchev–Trinajstić information content (AvgIpc) is 3.44. The predicted octanol–water partition coefficient (Wildman–Crippen LogP) is 4.20. The van der Waals surface area contributed by atoms with Gasteiger partial charge in [0.15, 0.2) is 0 Å². The van der Waals surface area contributed by atoms with Crippen LogP contribution in [-0.2, 0) is 32.2 Å². The molecule has 0 bridgehead atoms. The average molecular weight is 556 g/mol. The first-order valence-corrected chi connectivity index (χ1v) is 11.2. The fourth-order valence-corrected chi connectivity index (χ4v) is 3.82. The van der Waals surface area contributed by atoms with Gasteiger partial charge in [-0.1, -0.05) is 0 Å². The second kappa shape index (κ2) is 13.6. The Hall–Kier alpha value is -3.17. The third kappa shape index (κ3) is 9.95. The smallest absolute Gasteiger partial charge is 0.475 e. The SMILES string of the molecule is Cc1ccc(CN2CCO[C@H]3[C@H](OCc4ccncc4)CC[C@@H]32)o1.O=C(O)C(F)(F)F.O=C(O)C(F)(F)F. The Morgan fingerprint density at radius 2 is 1.61 bits per heavy atom. The molecule has 0 radical (unpaired) electrons. The van der Waals surface area contributed by atoms with Crippen molar-refractivity contribution in [2.45, 2.75) is 63.5 Å². The predicted molar refractivity (Wildman–Crippen MR) is 117 cm³/mol. The van der Waals surface area contributed by atoms with E-state index < -0.39 is 24.3 Å². The van der Waals surface area contributed by atoms with Crippen LogP contribution in [0.3, 0.4) is 0 Å². The lowest BCUT2D eigenvalue weighted by atomic mass is 10.1. The number of furan rings is 1. The topological polar surface area (TPSA) is 122 Å². The van der Waals surface area contributed by atoms with Crippen molar-refractivity contribution in [2.24, 2.45) is 0 Å². The molecule has 3 heterocycles. The van der Waals surface area contributed by atoms with Gasteiger partial charge in [0.1, 0.15) is 11.5 Å². The van der Waals surface area contributed by atoms with Crippen LogP contribution in [0.15, 0.2) is 41.1 Å². The first-order valence-electron chi connectivity index (χ1n) is 11.2. The van der Waals surface area contributed by atoms with Gasteiger partial charge < -0.3 is 24.1 Å². The van der Waals surface area contributed by atoms with E-state index in [0.29, 0.717) is 12.6 Å². The van der Waals surface area contributed by atoms with Gasteiger partial charge in [-0.2, -0.15) is 26.3 Å². The normalized spacial score (nSPS) is 21.4. The minimum atomic E-state index is -5.08. The number of ether oxygens (including phenoxy) is 2. The van der Waals surface area contributed by atoms with E-state index >= 15 is 0 Å². The Morgan fingerprint density at radius 3 is 2.11 bits per heavy atom. The van der Waals surface area contributed by atoms with Gasteiger partial charge in [0, 0.05) is 25.0 Å². The first kappa shape index (κ1) is 31.1. The van der Waals surface area contributed by atoms with Crippen molar-refractivity contribution in [1.82, 2.24) is 9.88 Å². The first-order chi connectivity index (χ1) is 17.7. The molecule has 2 aromatic rings. The summed E-state index contributed by atoms with van der Waals surface area (Å²) in [7, 11) is 0. The maximum Gasteiger partial charge on any atom is 0.490 e. The Kier molecular flexibility index (Phi) is 11.1. The molecule has 212 valence electrons. The number of aryl methyl sites for hydroxylation is 1. The summed E-state index contributed by atoms with van der Waals surface area (Å²) >= 11 is 0. The zero-order valence-electron chi connectivity index (χ0n) is 20.0. The molecular weight excluding hydrogens is 530 g/mol. The minimum absolute atomic E-state index is 0.164. The van der Waals surface area contributed by atoms with Crippen LogP contribution >= 0.6 is 0 Å². The van der Waals surface area contributed by atoms with Crippen molar-refractivity contribution in [1.29, 1.82) is 0 Å². The molecule has 1 aliphatic heterocycles. The molecule has 3 atom stereocenters. The fraction of sp³-hybridized carbons (Fsp3) is 0.522. The van der Waals surface area contributed by atoms with E-state index in [2.05, 4.69) is 16.0 Å². The van der Waals surface area contributed by atoms with Crippen LogP contribution in [-0.4, -0.2) is 75.8 Å². The summed E-state index contributed by atoms with van der Waals surface area (Å²) in [6.45, 7) is 5.19. The second-order valence-electron chi connectivity index (χ2n) is 8.27. The second-order valence-corrected chi connectivity index (χ2v) is 8.27. The number of carboxylic acid groups (broad SMARTS) is 2. The van der Waals surface area contributed by atoms with Crippen LogP contribution in [0.5, 0.6) is 0 Å². The maximum atomic E-state index is 10.6. The number of alkyl halides is 6. The lowest BCUT2D eigenvalue weighted by Crippen LogP contribution is -2.51. The highest BCUT2D eigenvalue weighted by molar-refractivity contribution is 5.73. The fourth-order valence-electron chi connectivity index (χ4n) is 3.82. The number of pyridine rings is 1. The lowest BCUT2D eigenvalue weighted by molar-refractivity contribution is -0.193. The van der Waals surface area contributed by atoms with E-state index in [-0.39, 0.29) is 12.2 Å². The summed E-state index contributed by atoms with van der Waals surface area (Å²) in [5.74, 6) is -3.51. The molecule has 9 nitrogen and oxygen atoms in total. The van der Waals surface area contributed by atoms with Gasteiger partial charge in [-0.05, 0) is 49.6 Å². The number of rotatable bonds is 5. The molecule has 2 N–H and O–H groups in total. The number of nitrogens with zero attached hydrogens (tertiary/aromatic N) is 2. The van der Waals surface area contributed by atoms with E-state index in [1.807, 2.05) is 25.1 Å². The number of aliphatic carboxylic acids is 2. The number of hydrogen-bond acceptors (Lipinski definition) is 7. The number of halogens is 6. The largest absolute Gasteiger partial charge is 0.490 e. The van der Waals surface area contributed by atoms with E-state index in [1.165, 1.54) is 0 Å². The molecule has 1 aliphatic carbocycles. The highest BCUT2D eigenvalue weighted by atomic mass is 19.4. The Morgan fingerprint density at radius 1 is 1.03 bits per heavy atom. The van der Waals surface area contributed by atoms with Crippen LogP contribution in [0.2, 0.25) is 0 Å². The monoisotopic (exact) mass is 556 g/mol. The maximum absolute atomic E-state index is 10.6. The zero-order chi connectivity index (χ0) is 28.5. The molecule has 2 fully saturated rings. The van der Waals surface area contributed by atoms with Crippen molar-refractivity contribution in [2.75, 3.05) is 13.2 Å². The Balaban J connectivity index is 0.000000301. The molecule has 1 saturated carbocycles. The molecular formula is C23H26F6N2O7. The molecule has 0 amide bonds. The lowest BCUT2D eigenvalue weighted by Gasteiger charge is -2.38. The van der Waals surface area contributed by atoms with Gasteiger partial charge in [-0.25, -0.2) is 9.59 Å². The van der Waals surface area contributed by atoms with Crippen LogP contribution < -0.4 is 0 Å². The molecule has 1 saturated heterocycles. The summed E-state index contributed by atoms with van der Waals surface area (Å²) in [5, 5.41) is 14.2. The standard InChI is InChI=1S/C19H24N2O3.2C2HF3O2/c1-14-2-3-16(24-14)12-21-10-11-22-19-17(21)4-5-18(19)23-13-15-6-8-20-9-7-15;2*3-2(4,5)1(6)7/h2-3,6-9,17-19H,4-5,10-13H2,1H3;2*(H,6,7)/t17-,18+,19+;;/m0../s1. The van der Waals surface area contributed by atoms with Crippen molar-refractivity contribution in [3.63, 3.8) is 0 Å². The van der Waals surface area contributed by atoms with Gasteiger partial charge >= 0.3 is 24.3 Å². The van der Waals surface area contributed by atoms with E-state index in [0.717, 1.165) is 49.6 Å². The highest BCUT2D eigenvalue weighted by Crippen LogP contribution is 2.33. The van der Waals surface area contributed by atoms with Crippen molar-refractivity contribution >= 4 is 11.9 Å². The summed E-state index contributed by atoms with van der Waals surface area (Å²) in [6, 6.07) is 8.53. The molecule has 38 heavy (non-hydrogen) atoms. The number of carbonyl (C=O) groups is 2. The zero-order valence-corrected chi connectivity index (χ0v) is 20.0. The Bertz CT molecular complexity index is 1010. The van der Waals surface area contributed by atoms with Crippen molar-refractivity contribution in [3.8, 4) is 0 Å². The molecule has 0 spiro atoms. The number of hydrogen-bond donors (Lipinski definition) is 2. The number of carboxylic acids is 2. The van der Waals surface area contributed by atoms with Gasteiger partial charge in [0.05, 0.1) is 32.0 Å². The van der Waals surface area contributed by atoms with Crippen molar-refractivity contribution in [3.05, 3.63) is 53.7 Å². The molecule has 0 aromatic carbocycles. The van der Waals surface area contributed by atoms with Crippen molar-refractivity contribution < 1.29 is 60.0 Å². The van der Waals surface area contributed by atoms with E-state index in [4.69, 9.17) is 33.7 Å². The highest BCUT2D eigenvalue weighted by Gasteiger charge is 2.43. The number of morpholine rings is 1. The van der Waals surface area contributed by atoms with E-state index in [1.54, 1.807) is 12.4 Å². The molecule has 4 rings (SSSR count). The minimum Gasteiger partial charge on any atom is -0.475 e. The summed E-state index contributed by atoms with van der Waals surface area (Å²) < 4.78 is 81.4. The van der Waals surface area contributed by atoms with Gasteiger partial charge in [0.2, 0.25) is 0 Å².